The number of carbonyl (C=O) groups is 2. The van der Waals surface area contributed by atoms with Crippen molar-refractivity contribution in [3.63, 3.8) is 0 Å². The van der Waals surface area contributed by atoms with Crippen LogP contribution in [0.25, 0.3) is 0 Å². The quantitative estimate of drug-likeness (QED) is 0.643. The van der Waals surface area contributed by atoms with E-state index in [9.17, 15) is 9.59 Å². The van der Waals surface area contributed by atoms with E-state index in [1.807, 2.05) is 6.07 Å². The zero-order valence-corrected chi connectivity index (χ0v) is 18.0. The van der Waals surface area contributed by atoms with E-state index in [4.69, 9.17) is 14.8 Å². The van der Waals surface area contributed by atoms with Crippen molar-refractivity contribution in [1.82, 2.24) is 20.8 Å². The lowest BCUT2D eigenvalue weighted by molar-refractivity contribution is -0.135. The fourth-order valence-electron chi connectivity index (χ4n) is 2.98. The smallest absolute Gasteiger partial charge is 0.407 e. The lowest BCUT2D eigenvalue weighted by atomic mass is 9.93. The molecule has 2 amide bonds. The van der Waals surface area contributed by atoms with Gasteiger partial charge in [-0.2, -0.15) is 5.26 Å². The van der Waals surface area contributed by atoms with Gasteiger partial charge in [0.2, 0.25) is 11.9 Å². The number of aromatic nitrogens is 2. The third-order valence-electron chi connectivity index (χ3n) is 4.42. The summed E-state index contributed by atoms with van der Waals surface area (Å²) in [5, 5.41) is 11.5. The molecule has 1 aromatic heterocycles. The molecule has 0 spiro atoms. The fraction of sp³-hybridized carbons (Fsp3) is 0.650. The number of carbonyl (C=O) groups excluding carboxylic acids is 2. The molecule has 2 rings (SSSR count). The van der Waals surface area contributed by atoms with Crippen LogP contribution < -0.4 is 15.7 Å². The number of ether oxygens (including phenoxy) is 1. The van der Waals surface area contributed by atoms with E-state index in [1.54, 1.807) is 27.7 Å². The number of rotatable bonds is 7. The number of nitrogens with zero attached hydrogens (tertiary/aromatic N) is 4. The summed E-state index contributed by atoms with van der Waals surface area (Å²) in [4.78, 5) is 39.5. The van der Waals surface area contributed by atoms with Crippen LogP contribution in [0.1, 0.15) is 52.5 Å². The van der Waals surface area contributed by atoms with E-state index in [0.29, 0.717) is 17.9 Å². The molecule has 1 aromatic rings. The van der Waals surface area contributed by atoms with Crippen LogP contribution >= 0.6 is 0 Å². The van der Waals surface area contributed by atoms with E-state index in [0.717, 1.165) is 25.9 Å². The maximum Gasteiger partial charge on any atom is 0.407 e. The van der Waals surface area contributed by atoms with E-state index >= 15 is 0 Å². The molecule has 0 radical (unpaired) electrons. The molecular formula is C20H30N6O4. The highest BCUT2D eigenvalue weighted by molar-refractivity contribution is 5.75. The van der Waals surface area contributed by atoms with Gasteiger partial charge in [-0.3, -0.25) is 9.63 Å². The molecule has 0 aromatic carbocycles. The van der Waals surface area contributed by atoms with Crippen LogP contribution in [-0.4, -0.2) is 53.3 Å². The standard InChI is InChI=1S/C20H30N6O4/c1-14(24-19(28)30-20(2,3)4)13-29-25-17(27)9-15-5-7-26(8-6-15)18-22-11-16(10-21)12-23-18/h11-12,14-15H,5-9,13H2,1-4H3,(H,24,28)(H,25,27)/t14-/m0/s1. The van der Waals surface area contributed by atoms with Crippen molar-refractivity contribution in [2.75, 3.05) is 24.6 Å². The summed E-state index contributed by atoms with van der Waals surface area (Å²) >= 11 is 0. The maximum absolute atomic E-state index is 12.1. The first kappa shape index (κ1) is 23.3. The molecule has 0 bridgehead atoms. The zero-order chi connectivity index (χ0) is 22.1. The highest BCUT2D eigenvalue weighted by Gasteiger charge is 2.23. The number of nitrogens with one attached hydrogen (secondary N) is 2. The summed E-state index contributed by atoms with van der Waals surface area (Å²) in [5.74, 6) is 0.666. The van der Waals surface area contributed by atoms with Gasteiger partial charge in [-0.05, 0) is 46.5 Å². The molecule has 164 valence electrons. The molecule has 0 aliphatic carbocycles. The Morgan fingerprint density at radius 3 is 2.50 bits per heavy atom. The van der Waals surface area contributed by atoms with Gasteiger partial charge in [0.15, 0.2) is 0 Å². The minimum Gasteiger partial charge on any atom is -0.444 e. The Morgan fingerprint density at radius 2 is 1.93 bits per heavy atom. The summed E-state index contributed by atoms with van der Waals surface area (Å²) in [7, 11) is 0. The van der Waals surface area contributed by atoms with Crippen LogP contribution in [0.4, 0.5) is 10.7 Å². The Balaban J connectivity index is 1.63. The van der Waals surface area contributed by atoms with Gasteiger partial charge in [-0.1, -0.05) is 0 Å². The van der Waals surface area contributed by atoms with Gasteiger partial charge >= 0.3 is 6.09 Å². The molecule has 0 unspecified atom stereocenters. The van der Waals surface area contributed by atoms with E-state index in [-0.39, 0.29) is 24.5 Å². The third kappa shape index (κ3) is 8.21. The molecule has 30 heavy (non-hydrogen) atoms. The monoisotopic (exact) mass is 418 g/mol. The van der Waals surface area contributed by atoms with E-state index < -0.39 is 11.7 Å². The van der Waals surface area contributed by atoms with Gasteiger partial charge in [0, 0.05) is 19.5 Å². The highest BCUT2D eigenvalue weighted by Crippen LogP contribution is 2.23. The minimum atomic E-state index is -0.569. The first-order chi connectivity index (χ1) is 14.2. The fourth-order valence-corrected chi connectivity index (χ4v) is 2.98. The van der Waals surface area contributed by atoms with Crippen molar-refractivity contribution < 1.29 is 19.2 Å². The first-order valence-corrected chi connectivity index (χ1v) is 10.0. The number of piperidine rings is 1. The van der Waals surface area contributed by atoms with Gasteiger partial charge < -0.3 is 15.0 Å². The molecule has 1 aliphatic heterocycles. The molecular weight excluding hydrogens is 388 g/mol. The van der Waals surface area contributed by atoms with Gasteiger partial charge in [0.25, 0.3) is 0 Å². The van der Waals surface area contributed by atoms with Gasteiger partial charge in [0.05, 0.1) is 30.6 Å². The predicted molar refractivity (Wildman–Crippen MR) is 109 cm³/mol. The second-order valence-electron chi connectivity index (χ2n) is 8.40. The Hall–Kier alpha value is -2.93. The second kappa shape index (κ2) is 10.7. The summed E-state index contributed by atoms with van der Waals surface area (Å²) in [6.07, 6.45) is 4.55. The number of hydrogen-bond acceptors (Lipinski definition) is 8. The molecule has 2 heterocycles. The van der Waals surface area contributed by atoms with Crippen molar-refractivity contribution in [2.24, 2.45) is 5.92 Å². The number of nitriles is 1. The van der Waals surface area contributed by atoms with Crippen LogP contribution in [-0.2, 0) is 14.4 Å². The Kier molecular flexibility index (Phi) is 8.35. The number of anilines is 1. The van der Waals surface area contributed by atoms with Crippen LogP contribution in [0.2, 0.25) is 0 Å². The van der Waals surface area contributed by atoms with Crippen molar-refractivity contribution in [1.29, 1.82) is 5.26 Å². The topological polar surface area (TPSA) is 129 Å². The summed E-state index contributed by atoms with van der Waals surface area (Å²) in [6, 6.07) is 1.69. The second-order valence-corrected chi connectivity index (χ2v) is 8.40. The van der Waals surface area contributed by atoms with Crippen molar-refractivity contribution in [2.45, 2.75) is 58.6 Å². The number of amides is 2. The van der Waals surface area contributed by atoms with E-state index in [1.165, 1.54) is 12.4 Å². The van der Waals surface area contributed by atoms with Crippen LogP contribution in [0.15, 0.2) is 12.4 Å². The summed E-state index contributed by atoms with van der Waals surface area (Å²) < 4.78 is 5.17. The van der Waals surface area contributed by atoms with Crippen molar-refractivity contribution in [3.8, 4) is 6.07 Å². The van der Waals surface area contributed by atoms with Crippen molar-refractivity contribution >= 4 is 17.9 Å². The SMILES string of the molecule is C[C@@H](CONC(=O)CC1CCN(c2ncc(C#N)cn2)CC1)NC(=O)OC(C)(C)C. The first-order valence-electron chi connectivity index (χ1n) is 10.0. The summed E-state index contributed by atoms with van der Waals surface area (Å²) in [6.45, 7) is 8.77. The molecule has 0 saturated carbocycles. The minimum absolute atomic E-state index is 0.138. The Labute approximate surface area is 176 Å². The lowest BCUT2D eigenvalue weighted by Crippen LogP contribution is -2.41. The normalized spacial score (nSPS) is 15.8. The number of hydroxylamine groups is 1. The van der Waals surface area contributed by atoms with Crippen LogP contribution in [0, 0.1) is 17.2 Å². The van der Waals surface area contributed by atoms with Crippen molar-refractivity contribution in [3.05, 3.63) is 18.0 Å². The number of hydrogen-bond donors (Lipinski definition) is 2. The molecule has 10 heteroatoms. The average Bonchev–Trinajstić information content (AvgIpc) is 2.67. The summed E-state index contributed by atoms with van der Waals surface area (Å²) in [5.41, 5.74) is 2.30. The average molecular weight is 418 g/mol. The van der Waals surface area contributed by atoms with Gasteiger partial charge in [-0.15, -0.1) is 0 Å². The van der Waals surface area contributed by atoms with Gasteiger partial charge in [-0.25, -0.2) is 20.2 Å². The molecule has 2 N–H and O–H groups in total. The molecule has 1 aliphatic rings. The highest BCUT2D eigenvalue weighted by atomic mass is 16.7. The Bertz CT molecular complexity index is 748. The van der Waals surface area contributed by atoms with Crippen LogP contribution in [0.3, 0.4) is 0 Å². The van der Waals surface area contributed by atoms with Gasteiger partial charge in [0.1, 0.15) is 11.7 Å². The largest absolute Gasteiger partial charge is 0.444 e. The predicted octanol–water partition coefficient (Wildman–Crippen LogP) is 1.92. The lowest BCUT2D eigenvalue weighted by Gasteiger charge is -2.31. The number of alkyl carbamates (subject to hydrolysis) is 1. The van der Waals surface area contributed by atoms with E-state index in [2.05, 4.69) is 25.7 Å². The molecule has 10 nitrogen and oxygen atoms in total. The van der Waals surface area contributed by atoms with Crippen LogP contribution in [0.5, 0.6) is 0 Å². The zero-order valence-electron chi connectivity index (χ0n) is 18.0. The third-order valence-corrected chi connectivity index (χ3v) is 4.42. The Morgan fingerprint density at radius 1 is 1.30 bits per heavy atom. The molecule has 1 fully saturated rings. The maximum atomic E-state index is 12.1. The molecule has 1 atom stereocenters. The molecule has 1 saturated heterocycles.